The number of rotatable bonds is 1. The van der Waals surface area contributed by atoms with Gasteiger partial charge in [0.1, 0.15) is 4.32 Å². The molecule has 0 spiro atoms. The number of halogens is 1. The van der Waals surface area contributed by atoms with E-state index < -0.39 is 0 Å². The van der Waals surface area contributed by atoms with Gasteiger partial charge in [0.05, 0.1) is 4.91 Å². The van der Waals surface area contributed by atoms with Crippen LogP contribution in [-0.4, -0.2) is 10.2 Å². The predicted octanol–water partition coefficient (Wildman–Crippen LogP) is 3.09. The van der Waals surface area contributed by atoms with Crippen molar-refractivity contribution in [2.24, 2.45) is 0 Å². The molecule has 2 aliphatic rings. The third-order valence-corrected chi connectivity index (χ3v) is 3.98. The van der Waals surface area contributed by atoms with Gasteiger partial charge in [-0.1, -0.05) is 35.6 Å². The summed E-state index contributed by atoms with van der Waals surface area (Å²) in [6.45, 7) is 0. The fourth-order valence-electron chi connectivity index (χ4n) is 1.62. The van der Waals surface area contributed by atoms with Crippen LogP contribution in [0.2, 0.25) is 0 Å². The summed E-state index contributed by atoms with van der Waals surface area (Å²) in [6.07, 6.45) is 6.05. The first-order chi connectivity index (χ1) is 7.16. The van der Waals surface area contributed by atoms with Crippen LogP contribution in [0.5, 0.6) is 0 Å². The quantitative estimate of drug-likeness (QED) is 0.580. The van der Waals surface area contributed by atoms with Gasteiger partial charge in [0.25, 0.3) is 5.91 Å². The maximum atomic E-state index is 11.4. The van der Waals surface area contributed by atoms with Gasteiger partial charge in [-0.2, -0.15) is 0 Å². The van der Waals surface area contributed by atoms with E-state index in [4.69, 9.17) is 23.8 Å². The first kappa shape index (κ1) is 11.2. The largest absolute Gasteiger partial charge is 0.307 e. The molecule has 1 N–H and O–H groups in total. The van der Waals surface area contributed by atoms with Crippen molar-refractivity contribution >= 4 is 45.8 Å². The highest BCUT2D eigenvalue weighted by Gasteiger charge is 2.23. The van der Waals surface area contributed by atoms with E-state index in [1.807, 2.05) is 6.08 Å². The highest BCUT2D eigenvalue weighted by atomic mass is 35.5. The Balaban J connectivity index is 2.22. The maximum absolute atomic E-state index is 11.4. The second-order valence-electron chi connectivity index (χ2n) is 3.49. The molecule has 80 valence electrons. The molecule has 0 atom stereocenters. The summed E-state index contributed by atoms with van der Waals surface area (Å²) in [6, 6.07) is 0. The smallest absolute Gasteiger partial charge is 0.263 e. The van der Waals surface area contributed by atoms with E-state index in [0.717, 1.165) is 36.3 Å². The average Bonchev–Trinajstić information content (AvgIpc) is 2.49. The number of amides is 1. The second kappa shape index (κ2) is 4.68. The van der Waals surface area contributed by atoms with Gasteiger partial charge in [0.15, 0.2) is 0 Å². The first-order valence-corrected chi connectivity index (χ1v) is 6.39. The molecule has 15 heavy (non-hydrogen) atoms. The van der Waals surface area contributed by atoms with Crippen molar-refractivity contribution in [3.8, 4) is 0 Å². The zero-order chi connectivity index (χ0) is 10.8. The molecular weight excluding hydrogens is 250 g/mol. The fourth-order valence-corrected chi connectivity index (χ4v) is 2.95. The maximum Gasteiger partial charge on any atom is 0.263 e. The molecular formula is C10H10ClNOS2. The molecule has 1 aliphatic heterocycles. The minimum absolute atomic E-state index is 0.104. The monoisotopic (exact) mass is 259 g/mol. The molecule has 0 bridgehead atoms. The minimum atomic E-state index is -0.104. The lowest BCUT2D eigenvalue weighted by atomic mass is 9.99. The Hall–Kier alpha value is -0.320. The molecule has 1 saturated heterocycles. The normalized spacial score (nSPS) is 25.0. The van der Waals surface area contributed by atoms with Crippen molar-refractivity contribution in [1.82, 2.24) is 5.32 Å². The van der Waals surface area contributed by atoms with Crippen molar-refractivity contribution in [3.63, 3.8) is 0 Å². The highest BCUT2D eigenvalue weighted by Crippen LogP contribution is 2.32. The molecule has 1 heterocycles. The van der Waals surface area contributed by atoms with Gasteiger partial charge in [-0.15, -0.1) is 0 Å². The van der Waals surface area contributed by atoms with E-state index in [2.05, 4.69) is 5.32 Å². The van der Waals surface area contributed by atoms with Crippen molar-refractivity contribution < 1.29 is 4.79 Å². The lowest BCUT2D eigenvalue weighted by Gasteiger charge is -2.12. The first-order valence-electron chi connectivity index (χ1n) is 4.79. The average molecular weight is 260 g/mol. The zero-order valence-corrected chi connectivity index (χ0v) is 10.4. The molecule has 1 aliphatic carbocycles. The Morgan fingerprint density at radius 3 is 2.73 bits per heavy atom. The Bertz CT molecular complexity index is 387. The molecule has 0 aromatic heterocycles. The van der Waals surface area contributed by atoms with Crippen LogP contribution < -0.4 is 5.32 Å². The predicted molar refractivity (Wildman–Crippen MR) is 67.8 cm³/mol. The standard InChI is InChI=1S/C10H10ClNOS2/c11-7-4-2-1-3-6(7)5-8-9(13)12-10(14)15-8/h5H,1-4H2,(H,12,13,14)/b8-5-. The number of hydrogen-bond donors (Lipinski definition) is 1. The molecule has 5 heteroatoms. The molecule has 0 aromatic carbocycles. The van der Waals surface area contributed by atoms with Gasteiger partial charge in [0.2, 0.25) is 0 Å². The number of thiocarbonyl (C=S) groups is 1. The number of nitrogens with one attached hydrogen (secondary N) is 1. The third-order valence-electron chi connectivity index (χ3n) is 2.39. The van der Waals surface area contributed by atoms with Gasteiger partial charge < -0.3 is 5.32 Å². The summed E-state index contributed by atoms with van der Waals surface area (Å²) in [5, 5.41) is 3.48. The van der Waals surface area contributed by atoms with Gasteiger partial charge in [0, 0.05) is 5.03 Å². The van der Waals surface area contributed by atoms with Gasteiger partial charge in [-0.05, 0) is 37.3 Å². The van der Waals surface area contributed by atoms with Crippen LogP contribution in [0.25, 0.3) is 0 Å². The Kier molecular flexibility index (Phi) is 3.49. The van der Waals surface area contributed by atoms with E-state index in [0.29, 0.717) is 9.23 Å². The molecule has 1 fully saturated rings. The number of allylic oxidation sites excluding steroid dienone is 3. The van der Waals surface area contributed by atoms with Gasteiger partial charge in [-0.3, -0.25) is 4.79 Å². The van der Waals surface area contributed by atoms with E-state index >= 15 is 0 Å². The number of hydrogen-bond acceptors (Lipinski definition) is 3. The second-order valence-corrected chi connectivity index (χ2v) is 5.66. The Labute approximate surface area is 103 Å². The van der Waals surface area contributed by atoms with Crippen molar-refractivity contribution in [2.75, 3.05) is 0 Å². The van der Waals surface area contributed by atoms with E-state index in [-0.39, 0.29) is 5.91 Å². The molecule has 0 unspecified atom stereocenters. The lowest BCUT2D eigenvalue weighted by Crippen LogP contribution is -2.17. The summed E-state index contributed by atoms with van der Waals surface area (Å²) in [5.41, 5.74) is 1.09. The van der Waals surface area contributed by atoms with Crippen LogP contribution in [0.1, 0.15) is 25.7 Å². The van der Waals surface area contributed by atoms with E-state index in [9.17, 15) is 4.79 Å². The van der Waals surface area contributed by atoms with Crippen LogP contribution in [0.15, 0.2) is 21.6 Å². The van der Waals surface area contributed by atoms with Crippen LogP contribution in [0.4, 0.5) is 0 Å². The minimum Gasteiger partial charge on any atom is -0.307 e. The number of carbonyl (C=O) groups is 1. The van der Waals surface area contributed by atoms with Crippen LogP contribution in [-0.2, 0) is 4.79 Å². The van der Waals surface area contributed by atoms with Crippen molar-refractivity contribution in [2.45, 2.75) is 25.7 Å². The molecule has 0 aromatic rings. The Morgan fingerprint density at radius 2 is 2.13 bits per heavy atom. The Morgan fingerprint density at radius 1 is 1.40 bits per heavy atom. The van der Waals surface area contributed by atoms with Crippen molar-refractivity contribution in [1.29, 1.82) is 0 Å². The summed E-state index contributed by atoms with van der Waals surface area (Å²) >= 11 is 12.3. The van der Waals surface area contributed by atoms with Crippen LogP contribution in [0.3, 0.4) is 0 Å². The molecule has 0 radical (unpaired) electrons. The topological polar surface area (TPSA) is 29.1 Å². The molecule has 0 saturated carbocycles. The summed E-state index contributed by atoms with van der Waals surface area (Å²) in [4.78, 5) is 12.1. The summed E-state index contributed by atoms with van der Waals surface area (Å²) in [7, 11) is 0. The fraction of sp³-hybridized carbons (Fsp3) is 0.400. The zero-order valence-electron chi connectivity index (χ0n) is 8.01. The SMILES string of the molecule is O=C1NC(=S)S/C1=C\C1=C(Cl)CCCC1. The third kappa shape index (κ3) is 2.62. The highest BCUT2D eigenvalue weighted by molar-refractivity contribution is 8.26. The van der Waals surface area contributed by atoms with Gasteiger partial charge in [-0.25, -0.2) is 0 Å². The summed E-state index contributed by atoms with van der Waals surface area (Å²) in [5.74, 6) is -0.104. The number of thioether (sulfide) groups is 1. The van der Waals surface area contributed by atoms with Crippen LogP contribution >= 0.6 is 35.6 Å². The lowest BCUT2D eigenvalue weighted by molar-refractivity contribution is -0.115. The van der Waals surface area contributed by atoms with Crippen molar-refractivity contribution in [3.05, 3.63) is 21.6 Å². The van der Waals surface area contributed by atoms with Gasteiger partial charge >= 0.3 is 0 Å². The van der Waals surface area contributed by atoms with E-state index in [1.54, 1.807) is 0 Å². The molecule has 2 rings (SSSR count). The van der Waals surface area contributed by atoms with E-state index in [1.165, 1.54) is 11.8 Å². The molecule has 2 nitrogen and oxygen atoms in total. The molecule has 1 amide bonds. The summed E-state index contributed by atoms with van der Waals surface area (Å²) < 4.78 is 0.527. The van der Waals surface area contributed by atoms with Crippen LogP contribution in [0, 0.1) is 0 Å². The number of carbonyl (C=O) groups excluding carboxylic acids is 1.